The fourth-order valence-corrected chi connectivity index (χ4v) is 1.45. The SMILES string of the molecule is CCC(C)(C)NC(=O)COc1ccc(CC#N)cc1. The topological polar surface area (TPSA) is 62.1 Å². The van der Waals surface area contributed by atoms with Gasteiger partial charge in [0.1, 0.15) is 5.75 Å². The van der Waals surface area contributed by atoms with Gasteiger partial charge in [0, 0.05) is 5.54 Å². The number of ether oxygens (including phenoxy) is 1. The zero-order valence-corrected chi connectivity index (χ0v) is 11.7. The predicted octanol–water partition coefficient (Wildman–Crippen LogP) is 2.44. The predicted molar refractivity (Wildman–Crippen MR) is 73.8 cm³/mol. The van der Waals surface area contributed by atoms with Crippen LogP contribution in [0.3, 0.4) is 0 Å². The third-order valence-corrected chi connectivity index (χ3v) is 2.94. The molecule has 1 amide bonds. The number of hydrogen-bond acceptors (Lipinski definition) is 3. The van der Waals surface area contributed by atoms with Gasteiger partial charge >= 0.3 is 0 Å². The zero-order chi connectivity index (χ0) is 14.3. The maximum Gasteiger partial charge on any atom is 0.258 e. The van der Waals surface area contributed by atoms with Crippen LogP contribution in [-0.2, 0) is 11.2 Å². The molecule has 102 valence electrons. The van der Waals surface area contributed by atoms with Gasteiger partial charge in [-0.15, -0.1) is 0 Å². The third kappa shape index (κ3) is 5.43. The van der Waals surface area contributed by atoms with Crippen LogP contribution in [0.1, 0.15) is 32.8 Å². The van der Waals surface area contributed by atoms with Gasteiger partial charge < -0.3 is 10.1 Å². The number of carbonyl (C=O) groups is 1. The van der Waals surface area contributed by atoms with Crippen LogP contribution in [-0.4, -0.2) is 18.1 Å². The number of nitrogens with zero attached hydrogens (tertiary/aromatic N) is 1. The summed E-state index contributed by atoms with van der Waals surface area (Å²) >= 11 is 0. The van der Waals surface area contributed by atoms with Crippen molar-refractivity contribution >= 4 is 5.91 Å². The Balaban J connectivity index is 2.44. The average molecular weight is 260 g/mol. The summed E-state index contributed by atoms with van der Waals surface area (Å²) < 4.78 is 5.40. The van der Waals surface area contributed by atoms with E-state index in [4.69, 9.17) is 10.00 Å². The minimum atomic E-state index is -0.211. The molecule has 0 atom stereocenters. The Morgan fingerprint density at radius 2 is 2.00 bits per heavy atom. The molecule has 0 heterocycles. The molecule has 0 bridgehead atoms. The van der Waals surface area contributed by atoms with Crippen LogP contribution in [0, 0.1) is 11.3 Å². The van der Waals surface area contributed by atoms with Gasteiger partial charge in [0.2, 0.25) is 0 Å². The first-order chi connectivity index (χ1) is 8.96. The standard InChI is InChI=1S/C15H20N2O2/c1-4-15(2,3)17-14(18)11-19-13-7-5-12(6-8-13)9-10-16/h5-8H,4,9,11H2,1-3H3,(H,17,18). The van der Waals surface area contributed by atoms with Crippen molar-refractivity contribution in [1.82, 2.24) is 5.32 Å². The molecular formula is C15H20N2O2. The summed E-state index contributed by atoms with van der Waals surface area (Å²) in [4.78, 5) is 11.7. The number of amides is 1. The summed E-state index contributed by atoms with van der Waals surface area (Å²) in [6, 6.07) is 9.27. The van der Waals surface area contributed by atoms with Crippen molar-refractivity contribution in [3.05, 3.63) is 29.8 Å². The van der Waals surface area contributed by atoms with Crippen LogP contribution < -0.4 is 10.1 Å². The molecule has 0 spiro atoms. The molecule has 4 nitrogen and oxygen atoms in total. The molecule has 0 aromatic heterocycles. The van der Waals surface area contributed by atoms with Crippen molar-refractivity contribution in [3.8, 4) is 11.8 Å². The van der Waals surface area contributed by atoms with Crippen LogP contribution >= 0.6 is 0 Å². The quantitative estimate of drug-likeness (QED) is 0.854. The zero-order valence-electron chi connectivity index (χ0n) is 11.7. The second-order valence-corrected chi connectivity index (χ2v) is 5.05. The molecule has 0 saturated carbocycles. The minimum Gasteiger partial charge on any atom is -0.484 e. The van der Waals surface area contributed by atoms with E-state index in [0.717, 1.165) is 12.0 Å². The summed E-state index contributed by atoms with van der Waals surface area (Å²) in [5.41, 5.74) is 0.725. The second kappa shape index (κ2) is 6.79. The lowest BCUT2D eigenvalue weighted by Crippen LogP contribution is -2.44. The van der Waals surface area contributed by atoms with Crippen LogP contribution in [0.15, 0.2) is 24.3 Å². The second-order valence-electron chi connectivity index (χ2n) is 5.05. The van der Waals surface area contributed by atoms with Crippen LogP contribution in [0.4, 0.5) is 0 Å². The highest BCUT2D eigenvalue weighted by molar-refractivity contribution is 5.78. The Bertz CT molecular complexity index is 458. The number of nitriles is 1. The highest BCUT2D eigenvalue weighted by Crippen LogP contribution is 2.12. The van der Waals surface area contributed by atoms with E-state index < -0.39 is 0 Å². The van der Waals surface area contributed by atoms with Gasteiger partial charge in [-0.3, -0.25) is 4.79 Å². The maximum atomic E-state index is 11.7. The lowest BCUT2D eigenvalue weighted by molar-refractivity contribution is -0.124. The normalized spacial score (nSPS) is 10.6. The summed E-state index contributed by atoms with van der Waals surface area (Å²) in [7, 11) is 0. The van der Waals surface area contributed by atoms with E-state index in [0.29, 0.717) is 12.2 Å². The average Bonchev–Trinajstić information content (AvgIpc) is 2.38. The van der Waals surface area contributed by atoms with Gasteiger partial charge in [-0.25, -0.2) is 0 Å². The highest BCUT2D eigenvalue weighted by Gasteiger charge is 2.17. The van der Waals surface area contributed by atoms with E-state index in [1.165, 1.54) is 0 Å². The van der Waals surface area contributed by atoms with Gasteiger partial charge in [0.15, 0.2) is 6.61 Å². The van der Waals surface area contributed by atoms with Gasteiger partial charge in [-0.2, -0.15) is 5.26 Å². The molecule has 0 aliphatic heterocycles. The van der Waals surface area contributed by atoms with E-state index in [9.17, 15) is 4.79 Å². The van der Waals surface area contributed by atoms with Crippen molar-refractivity contribution in [2.45, 2.75) is 39.2 Å². The minimum absolute atomic E-state index is 0.00102. The molecule has 1 aromatic rings. The van der Waals surface area contributed by atoms with Gasteiger partial charge in [0.05, 0.1) is 12.5 Å². The molecule has 1 N–H and O–H groups in total. The molecule has 1 aromatic carbocycles. The molecular weight excluding hydrogens is 240 g/mol. The Morgan fingerprint density at radius 3 is 2.53 bits per heavy atom. The Morgan fingerprint density at radius 1 is 1.37 bits per heavy atom. The molecule has 0 fully saturated rings. The Hall–Kier alpha value is -2.02. The summed E-state index contributed by atoms with van der Waals surface area (Å²) in [6.45, 7) is 5.97. The summed E-state index contributed by atoms with van der Waals surface area (Å²) in [6.07, 6.45) is 1.24. The highest BCUT2D eigenvalue weighted by atomic mass is 16.5. The fraction of sp³-hybridized carbons (Fsp3) is 0.467. The van der Waals surface area contributed by atoms with Crippen LogP contribution in [0.5, 0.6) is 5.75 Å². The van der Waals surface area contributed by atoms with E-state index in [2.05, 4.69) is 11.4 Å². The molecule has 0 aliphatic carbocycles. The first-order valence-electron chi connectivity index (χ1n) is 6.36. The van der Waals surface area contributed by atoms with Crippen LogP contribution in [0.25, 0.3) is 0 Å². The van der Waals surface area contributed by atoms with E-state index in [1.54, 1.807) is 12.1 Å². The van der Waals surface area contributed by atoms with Crippen molar-refractivity contribution in [1.29, 1.82) is 5.26 Å². The molecule has 4 heteroatoms. The lowest BCUT2D eigenvalue weighted by atomic mass is 10.0. The largest absolute Gasteiger partial charge is 0.484 e. The maximum absolute atomic E-state index is 11.7. The Labute approximate surface area is 114 Å². The van der Waals surface area contributed by atoms with Gasteiger partial charge in [-0.05, 0) is 38.0 Å². The number of hydrogen-bond donors (Lipinski definition) is 1. The van der Waals surface area contributed by atoms with E-state index >= 15 is 0 Å². The van der Waals surface area contributed by atoms with Gasteiger partial charge in [-0.1, -0.05) is 19.1 Å². The van der Waals surface area contributed by atoms with Gasteiger partial charge in [0.25, 0.3) is 5.91 Å². The monoisotopic (exact) mass is 260 g/mol. The number of carbonyl (C=O) groups excluding carboxylic acids is 1. The molecule has 1 rings (SSSR count). The van der Waals surface area contributed by atoms with Crippen molar-refractivity contribution < 1.29 is 9.53 Å². The molecule has 0 radical (unpaired) electrons. The van der Waals surface area contributed by atoms with Crippen LogP contribution in [0.2, 0.25) is 0 Å². The van der Waals surface area contributed by atoms with Crippen molar-refractivity contribution in [3.63, 3.8) is 0 Å². The summed E-state index contributed by atoms with van der Waals surface area (Å²) in [5, 5.41) is 11.5. The third-order valence-electron chi connectivity index (χ3n) is 2.94. The Kier molecular flexibility index (Phi) is 5.37. The number of rotatable bonds is 6. The van der Waals surface area contributed by atoms with Crippen molar-refractivity contribution in [2.75, 3.05) is 6.61 Å². The fourth-order valence-electron chi connectivity index (χ4n) is 1.45. The first kappa shape index (κ1) is 15.0. The van der Waals surface area contributed by atoms with E-state index in [1.807, 2.05) is 32.9 Å². The molecule has 0 saturated heterocycles. The van der Waals surface area contributed by atoms with Crippen molar-refractivity contribution in [2.24, 2.45) is 0 Å². The molecule has 0 aliphatic rings. The number of nitrogens with one attached hydrogen (secondary N) is 1. The lowest BCUT2D eigenvalue weighted by Gasteiger charge is -2.24. The van der Waals surface area contributed by atoms with E-state index in [-0.39, 0.29) is 18.1 Å². The first-order valence-corrected chi connectivity index (χ1v) is 6.36. The molecule has 0 unspecified atom stereocenters. The smallest absolute Gasteiger partial charge is 0.258 e. The summed E-state index contributed by atoms with van der Waals surface area (Å²) in [5.74, 6) is 0.499. The number of benzene rings is 1. The molecule has 19 heavy (non-hydrogen) atoms.